The van der Waals surface area contributed by atoms with Crippen LogP contribution < -0.4 is 10.9 Å². The first-order valence-corrected chi connectivity index (χ1v) is 8.96. The smallest absolute Gasteiger partial charge is 0.276 e. The minimum absolute atomic E-state index is 0.0842. The van der Waals surface area contributed by atoms with Crippen LogP contribution in [-0.4, -0.2) is 35.8 Å². The average Bonchev–Trinajstić information content (AvgIpc) is 3.16. The number of hydrazine groups is 1. The molecule has 0 aliphatic rings. The Morgan fingerprint density at radius 3 is 2.62 bits per heavy atom. The maximum atomic E-state index is 12.3. The number of nitrogens with one attached hydrogen (secondary N) is 2. The lowest BCUT2D eigenvalue weighted by Crippen LogP contribution is -2.30. The highest BCUT2D eigenvalue weighted by molar-refractivity contribution is 9.10. The van der Waals surface area contributed by atoms with Gasteiger partial charge < -0.3 is 0 Å². The van der Waals surface area contributed by atoms with Gasteiger partial charge in [0.2, 0.25) is 11.6 Å². The van der Waals surface area contributed by atoms with Crippen LogP contribution in [0.1, 0.15) is 10.4 Å². The first-order valence-electron chi connectivity index (χ1n) is 8.17. The molecule has 2 N–H and O–H groups in total. The Hall–Kier alpha value is -3.93. The number of nitro groups is 1. The zero-order valence-electron chi connectivity index (χ0n) is 14.5. The van der Waals surface area contributed by atoms with E-state index in [9.17, 15) is 14.9 Å². The van der Waals surface area contributed by atoms with Gasteiger partial charge in [0.05, 0.1) is 10.4 Å². The van der Waals surface area contributed by atoms with Gasteiger partial charge in [0.1, 0.15) is 11.8 Å². The summed E-state index contributed by atoms with van der Waals surface area (Å²) >= 11 is 3.29. The molecule has 0 bridgehead atoms. The van der Waals surface area contributed by atoms with E-state index < -0.39 is 16.5 Å². The Kier molecular flexibility index (Phi) is 4.83. The highest BCUT2D eigenvalue weighted by atomic mass is 79.9. The molecule has 0 atom stereocenters. The molecule has 11 nitrogen and oxygen atoms in total. The van der Waals surface area contributed by atoms with Gasteiger partial charge in [-0.2, -0.15) is 4.68 Å². The van der Waals surface area contributed by atoms with Gasteiger partial charge in [-0.15, -0.1) is 5.10 Å². The zero-order chi connectivity index (χ0) is 20.4. The molecule has 0 saturated heterocycles. The maximum Gasteiger partial charge on any atom is 0.357 e. The van der Waals surface area contributed by atoms with Crippen molar-refractivity contribution in [1.29, 1.82) is 0 Å². The molecule has 144 valence electrons. The number of rotatable bonds is 5. The number of nitrogens with zero attached hydrogens (tertiary/aromatic N) is 6. The second kappa shape index (κ2) is 7.59. The van der Waals surface area contributed by atoms with Crippen molar-refractivity contribution in [3.63, 3.8) is 0 Å². The molecule has 4 rings (SSSR count). The molecule has 4 aromatic rings. The summed E-state index contributed by atoms with van der Waals surface area (Å²) in [4.78, 5) is 31.2. The summed E-state index contributed by atoms with van der Waals surface area (Å²) in [7, 11) is 0. The highest BCUT2D eigenvalue weighted by Crippen LogP contribution is 2.28. The second-order valence-corrected chi connectivity index (χ2v) is 6.64. The summed E-state index contributed by atoms with van der Waals surface area (Å²) in [6.45, 7) is 0. The van der Waals surface area contributed by atoms with Crippen LogP contribution >= 0.6 is 15.9 Å². The van der Waals surface area contributed by atoms with Crippen molar-refractivity contribution in [1.82, 2.24) is 30.4 Å². The zero-order valence-corrected chi connectivity index (χ0v) is 16.1. The number of anilines is 1. The number of hydrogen-bond acceptors (Lipinski definition) is 8. The monoisotopic (exact) mass is 454 g/mol. The minimum atomic E-state index is -0.653. The molecule has 1 amide bonds. The molecule has 2 aromatic carbocycles. The van der Waals surface area contributed by atoms with Crippen molar-refractivity contribution >= 4 is 44.4 Å². The molecule has 2 heterocycles. The van der Waals surface area contributed by atoms with Crippen LogP contribution in [-0.2, 0) is 0 Å². The summed E-state index contributed by atoms with van der Waals surface area (Å²) in [5.41, 5.74) is 5.88. The van der Waals surface area contributed by atoms with E-state index in [0.29, 0.717) is 16.6 Å². The fourth-order valence-electron chi connectivity index (χ4n) is 2.60. The van der Waals surface area contributed by atoms with Gasteiger partial charge in [0.25, 0.3) is 5.91 Å². The Bertz CT molecular complexity index is 1230. The van der Waals surface area contributed by atoms with E-state index in [1.165, 1.54) is 4.68 Å². The lowest BCUT2D eigenvalue weighted by atomic mass is 10.2. The van der Waals surface area contributed by atoms with Gasteiger partial charge in [-0.25, -0.2) is 9.97 Å². The van der Waals surface area contributed by atoms with E-state index in [-0.39, 0.29) is 11.6 Å². The van der Waals surface area contributed by atoms with Crippen LogP contribution in [0.15, 0.2) is 59.3 Å². The third kappa shape index (κ3) is 3.60. The standard InChI is InChI=1S/C17H11BrN8O3/c18-11-7-5-10(6-8-11)17(27)23-22-15-14(26(28)29)16(20-9-19-15)25-13-4-2-1-3-12(13)21-24-25/h1-9H,(H,23,27)(H,19,20,22). The van der Waals surface area contributed by atoms with E-state index in [1.807, 2.05) is 0 Å². The summed E-state index contributed by atoms with van der Waals surface area (Å²) in [6, 6.07) is 13.6. The normalized spacial score (nSPS) is 10.7. The fourth-order valence-corrected chi connectivity index (χ4v) is 2.86. The summed E-state index contributed by atoms with van der Waals surface area (Å²) in [6.07, 6.45) is 1.13. The van der Waals surface area contributed by atoms with Gasteiger partial charge in [-0.3, -0.25) is 25.8 Å². The van der Waals surface area contributed by atoms with Crippen molar-refractivity contribution in [2.45, 2.75) is 0 Å². The molecule has 0 unspecified atom stereocenters. The summed E-state index contributed by atoms with van der Waals surface area (Å²) < 4.78 is 2.06. The number of carbonyl (C=O) groups is 1. The molecule has 12 heteroatoms. The van der Waals surface area contributed by atoms with Gasteiger partial charge in [-0.05, 0) is 36.4 Å². The lowest BCUT2D eigenvalue weighted by Gasteiger charge is -2.10. The second-order valence-electron chi connectivity index (χ2n) is 5.73. The van der Waals surface area contributed by atoms with Crippen molar-refractivity contribution in [3.05, 3.63) is 75.0 Å². The van der Waals surface area contributed by atoms with E-state index >= 15 is 0 Å². The minimum Gasteiger partial charge on any atom is -0.276 e. The SMILES string of the molecule is O=C(NNc1ncnc(-n2nnc3ccccc32)c1[N+](=O)[O-])c1ccc(Br)cc1. The fraction of sp³-hybridized carbons (Fsp3) is 0. The van der Waals surface area contributed by atoms with Crippen LogP contribution in [0, 0.1) is 10.1 Å². The van der Waals surface area contributed by atoms with E-state index in [2.05, 4.69) is 47.1 Å². The molecular formula is C17H11BrN8O3. The number of hydrogen-bond donors (Lipinski definition) is 2. The third-order valence-corrected chi connectivity index (χ3v) is 4.47. The number of carbonyl (C=O) groups excluding carboxylic acids is 1. The Morgan fingerprint density at radius 2 is 1.86 bits per heavy atom. The van der Waals surface area contributed by atoms with Crippen molar-refractivity contribution in [3.8, 4) is 5.82 Å². The largest absolute Gasteiger partial charge is 0.357 e. The number of aromatic nitrogens is 5. The Morgan fingerprint density at radius 1 is 1.10 bits per heavy atom. The molecule has 0 saturated carbocycles. The van der Waals surface area contributed by atoms with Crippen molar-refractivity contribution < 1.29 is 9.72 Å². The maximum absolute atomic E-state index is 12.3. The highest BCUT2D eigenvalue weighted by Gasteiger charge is 2.26. The lowest BCUT2D eigenvalue weighted by molar-refractivity contribution is -0.384. The molecule has 0 fully saturated rings. The third-order valence-electron chi connectivity index (χ3n) is 3.94. The first kappa shape index (κ1) is 18.4. The van der Waals surface area contributed by atoms with Crippen molar-refractivity contribution in [2.24, 2.45) is 0 Å². The Labute approximate surface area is 171 Å². The molecule has 0 radical (unpaired) electrons. The molecular weight excluding hydrogens is 444 g/mol. The van der Waals surface area contributed by atoms with Crippen molar-refractivity contribution in [2.75, 3.05) is 5.43 Å². The number of benzene rings is 2. The average molecular weight is 455 g/mol. The molecule has 0 aliphatic heterocycles. The van der Waals surface area contributed by atoms with E-state index in [1.54, 1.807) is 48.5 Å². The molecule has 0 spiro atoms. The summed E-state index contributed by atoms with van der Waals surface area (Å²) in [5.74, 6) is -0.762. The molecule has 29 heavy (non-hydrogen) atoms. The predicted molar refractivity (Wildman–Crippen MR) is 106 cm³/mol. The number of amides is 1. The quantitative estimate of drug-likeness (QED) is 0.346. The van der Waals surface area contributed by atoms with Crippen LogP contribution in [0.3, 0.4) is 0 Å². The van der Waals surface area contributed by atoms with Crippen LogP contribution in [0.4, 0.5) is 11.5 Å². The van der Waals surface area contributed by atoms with E-state index in [4.69, 9.17) is 0 Å². The van der Waals surface area contributed by atoms with Crippen LogP contribution in [0.5, 0.6) is 0 Å². The molecule has 2 aromatic heterocycles. The van der Waals surface area contributed by atoms with Crippen LogP contribution in [0.25, 0.3) is 16.9 Å². The van der Waals surface area contributed by atoms with Gasteiger partial charge in [0.15, 0.2) is 0 Å². The first-order chi connectivity index (χ1) is 14.0. The summed E-state index contributed by atoms with van der Waals surface area (Å²) in [5, 5.41) is 19.7. The van der Waals surface area contributed by atoms with Gasteiger partial charge in [0, 0.05) is 10.0 Å². The van der Waals surface area contributed by atoms with Gasteiger partial charge in [-0.1, -0.05) is 33.3 Å². The topological polar surface area (TPSA) is 141 Å². The molecule has 0 aliphatic carbocycles. The number of para-hydroxylation sites is 1. The predicted octanol–water partition coefficient (Wildman–Crippen LogP) is 2.64. The van der Waals surface area contributed by atoms with E-state index in [0.717, 1.165) is 10.8 Å². The van der Waals surface area contributed by atoms with Gasteiger partial charge >= 0.3 is 5.69 Å². The Balaban J connectivity index is 1.68. The number of halogens is 1. The number of fused-ring (bicyclic) bond motifs is 1. The van der Waals surface area contributed by atoms with Crippen LogP contribution in [0.2, 0.25) is 0 Å².